The van der Waals surface area contributed by atoms with Gasteiger partial charge in [0.2, 0.25) is 5.91 Å². The second-order valence-electron chi connectivity index (χ2n) is 7.25. The quantitative estimate of drug-likeness (QED) is 0.602. The molecule has 6 nitrogen and oxygen atoms in total. The lowest BCUT2D eigenvalue weighted by Crippen LogP contribution is -2.29. The van der Waals surface area contributed by atoms with E-state index in [1.807, 2.05) is 28.8 Å². The number of hydrogen-bond acceptors (Lipinski definition) is 3. The van der Waals surface area contributed by atoms with E-state index in [1.165, 1.54) is 23.6 Å². The number of methoxy groups -OCH3 is 1. The zero-order chi connectivity index (χ0) is 21.0. The van der Waals surface area contributed by atoms with Crippen molar-refractivity contribution in [2.45, 2.75) is 27.3 Å². The SMILES string of the molecule is COCCNC(=O)c1cc2cc(NC(C)=O)ccc2n1Cc1cc(C)ccc1C. The summed E-state index contributed by atoms with van der Waals surface area (Å²) in [4.78, 5) is 24.3. The minimum Gasteiger partial charge on any atom is -0.383 e. The Morgan fingerprint density at radius 2 is 1.86 bits per heavy atom. The fourth-order valence-corrected chi connectivity index (χ4v) is 3.41. The number of carbonyl (C=O) groups excluding carboxylic acids is 2. The lowest BCUT2D eigenvalue weighted by Gasteiger charge is -2.14. The van der Waals surface area contributed by atoms with Crippen molar-refractivity contribution in [2.24, 2.45) is 0 Å². The van der Waals surface area contributed by atoms with Crippen molar-refractivity contribution >= 4 is 28.4 Å². The molecule has 3 aromatic rings. The number of amides is 2. The summed E-state index contributed by atoms with van der Waals surface area (Å²) in [6.07, 6.45) is 0. The summed E-state index contributed by atoms with van der Waals surface area (Å²) in [5, 5.41) is 6.60. The van der Waals surface area contributed by atoms with Crippen molar-refractivity contribution in [3.05, 3.63) is 64.8 Å². The molecule has 3 rings (SSSR count). The molecule has 2 amide bonds. The Balaban J connectivity index is 2.05. The van der Waals surface area contributed by atoms with E-state index in [1.54, 1.807) is 7.11 Å². The molecule has 0 fully saturated rings. The van der Waals surface area contributed by atoms with Crippen LogP contribution in [0.2, 0.25) is 0 Å². The van der Waals surface area contributed by atoms with Crippen LogP contribution in [0.15, 0.2) is 42.5 Å². The highest BCUT2D eigenvalue weighted by atomic mass is 16.5. The van der Waals surface area contributed by atoms with Gasteiger partial charge in [-0.3, -0.25) is 9.59 Å². The molecule has 0 atom stereocenters. The molecule has 0 saturated heterocycles. The largest absolute Gasteiger partial charge is 0.383 e. The number of fused-ring (bicyclic) bond motifs is 1. The third-order valence-corrected chi connectivity index (χ3v) is 4.88. The van der Waals surface area contributed by atoms with Crippen LogP contribution in [0.5, 0.6) is 0 Å². The molecule has 0 bridgehead atoms. The normalized spacial score (nSPS) is 10.9. The second kappa shape index (κ2) is 8.92. The molecule has 2 aromatic carbocycles. The van der Waals surface area contributed by atoms with Crippen LogP contribution in [0.3, 0.4) is 0 Å². The minimum atomic E-state index is -0.148. The molecular formula is C23H27N3O3. The first-order valence-electron chi connectivity index (χ1n) is 9.63. The molecule has 152 valence electrons. The monoisotopic (exact) mass is 393 g/mol. The van der Waals surface area contributed by atoms with Crippen LogP contribution in [0.1, 0.15) is 34.1 Å². The summed E-state index contributed by atoms with van der Waals surface area (Å²) in [5.41, 5.74) is 5.76. The smallest absolute Gasteiger partial charge is 0.268 e. The van der Waals surface area contributed by atoms with Gasteiger partial charge in [-0.2, -0.15) is 0 Å². The first-order valence-corrected chi connectivity index (χ1v) is 9.63. The molecule has 0 spiro atoms. The van der Waals surface area contributed by atoms with E-state index < -0.39 is 0 Å². The molecule has 0 aliphatic carbocycles. The van der Waals surface area contributed by atoms with Crippen LogP contribution in [0.25, 0.3) is 10.9 Å². The Morgan fingerprint density at radius 1 is 1.07 bits per heavy atom. The van der Waals surface area contributed by atoms with Crippen molar-refractivity contribution in [1.29, 1.82) is 0 Å². The number of hydrogen-bond donors (Lipinski definition) is 2. The van der Waals surface area contributed by atoms with E-state index >= 15 is 0 Å². The summed E-state index contributed by atoms with van der Waals surface area (Å²) in [6.45, 7) is 7.10. The molecule has 1 aromatic heterocycles. The van der Waals surface area contributed by atoms with Crippen molar-refractivity contribution in [2.75, 3.05) is 25.6 Å². The topological polar surface area (TPSA) is 72.4 Å². The van der Waals surface area contributed by atoms with Crippen LogP contribution in [0.4, 0.5) is 5.69 Å². The van der Waals surface area contributed by atoms with Crippen molar-refractivity contribution < 1.29 is 14.3 Å². The first kappa shape index (κ1) is 20.6. The predicted molar refractivity (Wildman–Crippen MR) is 115 cm³/mol. The third-order valence-electron chi connectivity index (χ3n) is 4.88. The van der Waals surface area contributed by atoms with E-state index in [2.05, 4.69) is 42.7 Å². The van der Waals surface area contributed by atoms with Gasteiger partial charge in [-0.15, -0.1) is 0 Å². The number of benzene rings is 2. The molecule has 6 heteroatoms. The van der Waals surface area contributed by atoms with E-state index in [-0.39, 0.29) is 11.8 Å². The standard InChI is InChI=1S/C23H27N3O3/c1-15-5-6-16(2)19(11-15)14-26-21-8-7-20(25-17(3)27)12-18(21)13-22(26)23(28)24-9-10-29-4/h5-8,11-13H,9-10,14H2,1-4H3,(H,24,28)(H,25,27). The average Bonchev–Trinajstić information content (AvgIpc) is 3.02. The maximum atomic E-state index is 12.9. The molecule has 2 N–H and O–H groups in total. The third kappa shape index (κ3) is 4.84. The lowest BCUT2D eigenvalue weighted by molar-refractivity contribution is -0.114. The summed E-state index contributed by atoms with van der Waals surface area (Å²) >= 11 is 0. The van der Waals surface area contributed by atoms with Gasteiger partial charge in [0.1, 0.15) is 5.69 Å². The van der Waals surface area contributed by atoms with Gasteiger partial charge in [-0.25, -0.2) is 0 Å². The van der Waals surface area contributed by atoms with Gasteiger partial charge in [0, 0.05) is 43.7 Å². The number of aryl methyl sites for hydroxylation is 2. The summed E-state index contributed by atoms with van der Waals surface area (Å²) in [6, 6.07) is 13.9. The van der Waals surface area contributed by atoms with Crippen LogP contribution in [-0.2, 0) is 16.1 Å². The van der Waals surface area contributed by atoms with E-state index in [0.29, 0.717) is 31.1 Å². The number of carbonyl (C=O) groups is 2. The van der Waals surface area contributed by atoms with E-state index in [4.69, 9.17) is 4.74 Å². The summed E-state index contributed by atoms with van der Waals surface area (Å²) in [7, 11) is 1.60. The molecule has 0 saturated carbocycles. The Hall–Kier alpha value is -3.12. The van der Waals surface area contributed by atoms with Crippen LogP contribution in [-0.4, -0.2) is 36.6 Å². The second-order valence-corrected chi connectivity index (χ2v) is 7.25. The van der Waals surface area contributed by atoms with Crippen molar-refractivity contribution in [3.8, 4) is 0 Å². The van der Waals surface area contributed by atoms with Gasteiger partial charge in [-0.05, 0) is 49.2 Å². The molecular weight excluding hydrogens is 366 g/mol. The number of nitrogens with one attached hydrogen (secondary N) is 2. The van der Waals surface area contributed by atoms with E-state index in [9.17, 15) is 9.59 Å². The van der Waals surface area contributed by atoms with Gasteiger partial charge < -0.3 is 19.9 Å². The average molecular weight is 393 g/mol. The molecule has 1 heterocycles. The molecule has 0 radical (unpaired) electrons. The number of nitrogens with zero attached hydrogens (tertiary/aromatic N) is 1. The Morgan fingerprint density at radius 3 is 2.59 bits per heavy atom. The van der Waals surface area contributed by atoms with E-state index in [0.717, 1.165) is 10.9 Å². The summed E-state index contributed by atoms with van der Waals surface area (Å²) < 4.78 is 7.06. The van der Waals surface area contributed by atoms with Crippen molar-refractivity contribution in [1.82, 2.24) is 9.88 Å². The van der Waals surface area contributed by atoms with Crippen LogP contribution < -0.4 is 10.6 Å². The van der Waals surface area contributed by atoms with Gasteiger partial charge in [0.25, 0.3) is 5.91 Å². The Bertz CT molecular complexity index is 1050. The number of aromatic nitrogens is 1. The van der Waals surface area contributed by atoms with Crippen LogP contribution >= 0.6 is 0 Å². The maximum absolute atomic E-state index is 12.9. The molecule has 0 aliphatic heterocycles. The predicted octanol–water partition coefficient (Wildman–Crippen LogP) is 3.64. The number of anilines is 1. The van der Waals surface area contributed by atoms with Gasteiger partial charge in [0.05, 0.1) is 6.61 Å². The first-order chi connectivity index (χ1) is 13.9. The van der Waals surface area contributed by atoms with Gasteiger partial charge >= 0.3 is 0 Å². The van der Waals surface area contributed by atoms with Gasteiger partial charge in [0.15, 0.2) is 0 Å². The summed E-state index contributed by atoms with van der Waals surface area (Å²) in [5.74, 6) is -0.277. The zero-order valence-corrected chi connectivity index (χ0v) is 17.3. The Labute approximate surface area is 170 Å². The van der Waals surface area contributed by atoms with Crippen molar-refractivity contribution in [3.63, 3.8) is 0 Å². The zero-order valence-electron chi connectivity index (χ0n) is 17.3. The minimum absolute atomic E-state index is 0.128. The fraction of sp³-hybridized carbons (Fsp3) is 0.304. The highest BCUT2D eigenvalue weighted by molar-refractivity contribution is 6.00. The fourth-order valence-electron chi connectivity index (χ4n) is 3.41. The molecule has 0 aliphatic rings. The maximum Gasteiger partial charge on any atom is 0.268 e. The molecule has 0 unspecified atom stereocenters. The number of ether oxygens (including phenoxy) is 1. The van der Waals surface area contributed by atoms with Gasteiger partial charge in [-0.1, -0.05) is 23.8 Å². The lowest BCUT2D eigenvalue weighted by atomic mass is 10.1. The Kier molecular flexibility index (Phi) is 6.34. The number of rotatable bonds is 7. The molecule has 29 heavy (non-hydrogen) atoms. The van der Waals surface area contributed by atoms with Crippen LogP contribution in [0, 0.1) is 13.8 Å². The highest BCUT2D eigenvalue weighted by Gasteiger charge is 2.17. The highest BCUT2D eigenvalue weighted by Crippen LogP contribution is 2.26.